The molecule has 6 nitrogen and oxygen atoms in total. The fourth-order valence-corrected chi connectivity index (χ4v) is 3.51. The van der Waals surface area contributed by atoms with Crippen LogP contribution >= 0.6 is 0 Å². The van der Waals surface area contributed by atoms with Gasteiger partial charge in [-0.3, -0.25) is 9.69 Å². The second kappa shape index (κ2) is 6.07. The molecule has 0 atom stereocenters. The smallest absolute Gasteiger partial charge is 0.275 e. The monoisotopic (exact) mass is 378 g/mol. The number of ether oxygens (including phenoxy) is 1. The van der Waals surface area contributed by atoms with E-state index >= 15 is 0 Å². The van der Waals surface area contributed by atoms with Crippen molar-refractivity contribution in [3.05, 3.63) is 47.8 Å². The normalized spacial score (nSPS) is 16.2. The third-order valence-electron chi connectivity index (χ3n) is 4.23. The van der Waals surface area contributed by atoms with Crippen molar-refractivity contribution in [2.75, 3.05) is 11.9 Å². The summed E-state index contributed by atoms with van der Waals surface area (Å²) in [6, 6.07) is 8.63. The first-order valence-corrected chi connectivity index (χ1v) is 9.42. The Morgan fingerprint density at radius 2 is 1.85 bits per heavy atom. The maximum Gasteiger partial charge on any atom is 0.275 e. The molecule has 0 radical (unpaired) electrons. The van der Waals surface area contributed by atoms with Gasteiger partial charge in [-0.25, -0.2) is 17.5 Å². The predicted octanol–water partition coefficient (Wildman–Crippen LogP) is 2.88. The number of nitrogens with zero attached hydrogens (tertiary/aromatic N) is 1. The van der Waals surface area contributed by atoms with Gasteiger partial charge in [-0.05, 0) is 63.7 Å². The van der Waals surface area contributed by atoms with Crippen LogP contribution in [0.2, 0.25) is 0 Å². The molecule has 1 heterocycles. The van der Waals surface area contributed by atoms with Gasteiger partial charge in [0.2, 0.25) is 10.0 Å². The van der Waals surface area contributed by atoms with E-state index < -0.39 is 15.6 Å². The zero-order valence-corrected chi connectivity index (χ0v) is 15.6. The van der Waals surface area contributed by atoms with E-state index in [2.05, 4.69) is 4.72 Å². The van der Waals surface area contributed by atoms with E-state index in [1.165, 1.54) is 42.3 Å². The second-order valence-corrected chi connectivity index (χ2v) is 8.41. The lowest BCUT2D eigenvalue weighted by atomic mass is 10.0. The summed E-state index contributed by atoms with van der Waals surface area (Å²) in [5.41, 5.74) is 0.0683. The summed E-state index contributed by atoms with van der Waals surface area (Å²) >= 11 is 0. The molecule has 138 valence electrons. The standard InChI is InChI=1S/C18H19FN2O4S/c1-11-9-12(5-7-14(11)19)21-15-8-6-13(26(23,24)20-4)10-16(15)25-18(2,3)17(21)22/h5-10,20H,1-4H3. The van der Waals surface area contributed by atoms with Gasteiger partial charge in [0.05, 0.1) is 10.6 Å². The SMILES string of the molecule is CNS(=O)(=O)c1ccc2c(c1)OC(C)(C)C(=O)N2c1ccc(F)c(C)c1. The van der Waals surface area contributed by atoms with Gasteiger partial charge in [-0.15, -0.1) is 0 Å². The highest BCUT2D eigenvalue weighted by atomic mass is 32.2. The minimum Gasteiger partial charge on any atom is -0.476 e. The third kappa shape index (κ3) is 2.95. The molecule has 0 bridgehead atoms. The Hall–Kier alpha value is -2.45. The average molecular weight is 378 g/mol. The molecule has 3 rings (SSSR count). The Balaban J connectivity index is 2.21. The summed E-state index contributed by atoms with van der Waals surface area (Å²) in [6.45, 7) is 4.81. The van der Waals surface area contributed by atoms with Gasteiger partial charge in [0.15, 0.2) is 5.60 Å². The number of halogens is 1. The van der Waals surface area contributed by atoms with Crippen LogP contribution < -0.4 is 14.4 Å². The molecular weight excluding hydrogens is 359 g/mol. The van der Waals surface area contributed by atoms with Crippen LogP contribution in [0, 0.1) is 12.7 Å². The van der Waals surface area contributed by atoms with Gasteiger partial charge in [0.25, 0.3) is 5.91 Å². The van der Waals surface area contributed by atoms with Crippen LogP contribution in [0.5, 0.6) is 5.75 Å². The number of rotatable bonds is 3. The molecule has 1 aliphatic heterocycles. The van der Waals surface area contributed by atoms with E-state index in [4.69, 9.17) is 4.74 Å². The molecule has 8 heteroatoms. The van der Waals surface area contributed by atoms with Crippen molar-refractivity contribution in [1.82, 2.24) is 4.72 Å². The average Bonchev–Trinajstić information content (AvgIpc) is 2.58. The number of nitrogens with one attached hydrogen (secondary N) is 1. The molecule has 1 aliphatic rings. The molecule has 0 saturated heterocycles. The Bertz CT molecular complexity index is 1000. The number of amides is 1. The Morgan fingerprint density at radius 3 is 2.46 bits per heavy atom. The van der Waals surface area contributed by atoms with Gasteiger partial charge in [-0.2, -0.15) is 0 Å². The summed E-state index contributed by atoms with van der Waals surface area (Å²) < 4.78 is 45.8. The van der Waals surface area contributed by atoms with Gasteiger partial charge in [0, 0.05) is 11.8 Å². The highest BCUT2D eigenvalue weighted by Gasteiger charge is 2.42. The Kier molecular flexibility index (Phi) is 4.28. The largest absolute Gasteiger partial charge is 0.476 e. The van der Waals surface area contributed by atoms with Crippen LogP contribution in [-0.4, -0.2) is 27.0 Å². The van der Waals surface area contributed by atoms with Crippen molar-refractivity contribution in [3.63, 3.8) is 0 Å². The summed E-state index contributed by atoms with van der Waals surface area (Å²) in [5, 5.41) is 0. The minimum atomic E-state index is -3.66. The number of aryl methyl sites for hydroxylation is 1. The number of hydrogen-bond acceptors (Lipinski definition) is 4. The lowest BCUT2D eigenvalue weighted by molar-refractivity contribution is -0.131. The van der Waals surface area contributed by atoms with Crippen LogP contribution in [0.25, 0.3) is 0 Å². The van der Waals surface area contributed by atoms with Crippen molar-refractivity contribution in [2.45, 2.75) is 31.3 Å². The fourth-order valence-electron chi connectivity index (χ4n) is 2.77. The number of sulfonamides is 1. The van der Waals surface area contributed by atoms with Crippen molar-refractivity contribution < 1.29 is 22.3 Å². The highest BCUT2D eigenvalue weighted by molar-refractivity contribution is 7.89. The van der Waals surface area contributed by atoms with Crippen LogP contribution in [-0.2, 0) is 14.8 Å². The number of anilines is 2. The first-order chi connectivity index (χ1) is 12.1. The predicted molar refractivity (Wildman–Crippen MR) is 95.7 cm³/mol. The van der Waals surface area contributed by atoms with Crippen molar-refractivity contribution in [2.24, 2.45) is 0 Å². The molecule has 1 amide bonds. The van der Waals surface area contributed by atoms with Gasteiger partial charge >= 0.3 is 0 Å². The minimum absolute atomic E-state index is 0.0270. The van der Waals surface area contributed by atoms with Gasteiger partial charge < -0.3 is 4.74 Å². The quantitative estimate of drug-likeness (QED) is 0.891. The maximum atomic E-state index is 13.6. The zero-order valence-electron chi connectivity index (χ0n) is 14.8. The zero-order chi connectivity index (χ0) is 19.3. The number of carbonyl (C=O) groups excluding carboxylic acids is 1. The first kappa shape index (κ1) is 18.3. The van der Waals surface area contributed by atoms with E-state index in [0.717, 1.165) is 0 Å². The molecule has 0 fully saturated rings. The van der Waals surface area contributed by atoms with E-state index in [1.54, 1.807) is 26.8 Å². The van der Waals surface area contributed by atoms with Crippen LogP contribution in [0.3, 0.4) is 0 Å². The first-order valence-electron chi connectivity index (χ1n) is 7.94. The van der Waals surface area contributed by atoms with Crippen molar-refractivity contribution >= 4 is 27.3 Å². The molecule has 2 aromatic carbocycles. The number of benzene rings is 2. The number of fused-ring (bicyclic) bond motifs is 1. The molecule has 0 aromatic heterocycles. The van der Waals surface area contributed by atoms with E-state index in [1.807, 2.05) is 0 Å². The molecule has 1 N–H and O–H groups in total. The fraction of sp³-hybridized carbons (Fsp3) is 0.278. The van der Waals surface area contributed by atoms with Gasteiger partial charge in [0.1, 0.15) is 11.6 Å². The molecule has 0 saturated carbocycles. The summed E-state index contributed by atoms with van der Waals surface area (Å²) in [4.78, 5) is 14.4. The van der Waals surface area contributed by atoms with Crippen molar-refractivity contribution in [3.8, 4) is 5.75 Å². The van der Waals surface area contributed by atoms with E-state index in [0.29, 0.717) is 16.9 Å². The lowest BCUT2D eigenvalue weighted by Gasteiger charge is -2.39. The molecular formula is C18H19FN2O4S. The van der Waals surface area contributed by atoms with Crippen LogP contribution in [0.4, 0.5) is 15.8 Å². The summed E-state index contributed by atoms with van der Waals surface area (Å²) in [6.07, 6.45) is 0. The second-order valence-electron chi connectivity index (χ2n) is 6.52. The highest BCUT2D eigenvalue weighted by Crippen LogP contribution is 2.43. The van der Waals surface area contributed by atoms with E-state index in [-0.39, 0.29) is 22.4 Å². The molecule has 0 aliphatic carbocycles. The molecule has 26 heavy (non-hydrogen) atoms. The molecule has 0 unspecified atom stereocenters. The molecule has 0 spiro atoms. The topological polar surface area (TPSA) is 75.7 Å². The Labute approximate surface area is 151 Å². The van der Waals surface area contributed by atoms with Gasteiger partial charge in [-0.1, -0.05) is 0 Å². The Morgan fingerprint density at radius 1 is 1.15 bits per heavy atom. The van der Waals surface area contributed by atoms with Crippen LogP contribution in [0.1, 0.15) is 19.4 Å². The molecule has 2 aromatic rings. The van der Waals surface area contributed by atoms with Crippen LogP contribution in [0.15, 0.2) is 41.3 Å². The summed E-state index contributed by atoms with van der Waals surface area (Å²) in [7, 11) is -2.34. The lowest BCUT2D eigenvalue weighted by Crippen LogP contribution is -2.50. The maximum absolute atomic E-state index is 13.6. The third-order valence-corrected chi connectivity index (χ3v) is 5.65. The number of carbonyl (C=O) groups is 1. The van der Waals surface area contributed by atoms with Crippen molar-refractivity contribution in [1.29, 1.82) is 0 Å². The van der Waals surface area contributed by atoms with E-state index in [9.17, 15) is 17.6 Å². The summed E-state index contributed by atoms with van der Waals surface area (Å²) in [5.74, 6) is -0.447. The number of hydrogen-bond donors (Lipinski definition) is 1.